The van der Waals surface area contributed by atoms with Crippen LogP contribution in [0.25, 0.3) is 0 Å². The molecule has 0 aliphatic carbocycles. The number of β-lactam (4-membered cyclic amide) rings is 1. The van der Waals surface area contributed by atoms with Gasteiger partial charge in [0.2, 0.25) is 0 Å². The van der Waals surface area contributed by atoms with Gasteiger partial charge in [-0.1, -0.05) is 30.3 Å². The first-order valence-corrected chi connectivity index (χ1v) is 7.80. The maximum atomic E-state index is 11.8. The third-order valence-corrected chi connectivity index (χ3v) is 3.13. The molecule has 1 saturated heterocycles. The Hall–Kier alpha value is -2.90. The second-order valence-electron chi connectivity index (χ2n) is 6.46. The average molecular weight is 347 g/mol. The Kier molecular flexibility index (Phi) is 5.74. The number of alkyl carbamates (subject to hydrolysis) is 1. The van der Waals surface area contributed by atoms with E-state index in [1.165, 1.54) is 0 Å². The molecule has 1 aromatic carbocycles. The third kappa shape index (κ3) is 5.91. The highest BCUT2D eigenvalue weighted by atomic mass is 16.6. The molecule has 0 saturated carbocycles. The summed E-state index contributed by atoms with van der Waals surface area (Å²) in [6.45, 7) is 5.48. The van der Waals surface area contributed by atoms with E-state index in [-0.39, 0.29) is 13.2 Å². The molecule has 25 heavy (non-hydrogen) atoms. The van der Waals surface area contributed by atoms with Crippen LogP contribution in [0.5, 0.6) is 0 Å². The van der Waals surface area contributed by atoms with Crippen molar-refractivity contribution >= 4 is 24.2 Å². The van der Waals surface area contributed by atoms with Crippen LogP contribution in [-0.4, -0.2) is 47.4 Å². The van der Waals surface area contributed by atoms with Gasteiger partial charge in [-0.25, -0.2) is 14.6 Å². The van der Waals surface area contributed by atoms with Crippen molar-refractivity contribution in [3.8, 4) is 0 Å². The summed E-state index contributed by atoms with van der Waals surface area (Å²) in [6, 6.07) is 8.51. The van der Waals surface area contributed by atoms with Gasteiger partial charge in [-0.2, -0.15) is 5.10 Å². The number of benzene rings is 1. The largest absolute Gasteiger partial charge is 0.456 e. The molecule has 8 nitrogen and oxygen atoms in total. The van der Waals surface area contributed by atoms with Crippen LogP contribution in [0.1, 0.15) is 26.3 Å². The molecule has 134 valence electrons. The lowest BCUT2D eigenvalue weighted by molar-refractivity contribution is -0.143. The smallest absolute Gasteiger partial charge is 0.408 e. The van der Waals surface area contributed by atoms with Crippen LogP contribution in [0, 0.1) is 0 Å². The summed E-state index contributed by atoms with van der Waals surface area (Å²) < 4.78 is 10.1. The third-order valence-electron chi connectivity index (χ3n) is 3.13. The number of hydrazone groups is 1. The zero-order valence-corrected chi connectivity index (χ0v) is 14.4. The highest BCUT2D eigenvalue weighted by molar-refractivity contribution is 6.23. The summed E-state index contributed by atoms with van der Waals surface area (Å²) in [6.07, 6.45) is 0.265. The van der Waals surface area contributed by atoms with Crippen LogP contribution in [0.3, 0.4) is 0 Å². The fourth-order valence-electron chi connectivity index (χ4n) is 1.95. The van der Waals surface area contributed by atoms with Gasteiger partial charge in [0.1, 0.15) is 24.5 Å². The van der Waals surface area contributed by atoms with Gasteiger partial charge in [-0.3, -0.25) is 4.79 Å². The van der Waals surface area contributed by atoms with E-state index in [2.05, 4.69) is 10.4 Å². The minimum atomic E-state index is -0.702. The van der Waals surface area contributed by atoms with Crippen molar-refractivity contribution in [1.82, 2.24) is 10.3 Å². The number of rotatable bonds is 5. The van der Waals surface area contributed by atoms with E-state index < -0.39 is 29.6 Å². The predicted octanol–water partition coefficient (Wildman–Crippen LogP) is 1.45. The Morgan fingerprint density at radius 3 is 2.60 bits per heavy atom. The lowest BCUT2D eigenvalue weighted by Crippen LogP contribution is -2.62. The van der Waals surface area contributed by atoms with Crippen molar-refractivity contribution in [3.05, 3.63) is 35.9 Å². The van der Waals surface area contributed by atoms with Gasteiger partial charge in [-0.15, -0.1) is 0 Å². The molecular formula is C17H21N3O5. The molecule has 0 spiro atoms. The van der Waals surface area contributed by atoms with Gasteiger partial charge in [0, 0.05) is 0 Å². The van der Waals surface area contributed by atoms with Crippen LogP contribution in [0.15, 0.2) is 35.4 Å². The van der Waals surface area contributed by atoms with Crippen molar-refractivity contribution < 1.29 is 23.9 Å². The molecule has 8 heteroatoms. The summed E-state index contributed by atoms with van der Waals surface area (Å²) in [5.74, 6) is -1.07. The zero-order valence-electron chi connectivity index (χ0n) is 14.4. The molecule has 0 aromatic heterocycles. The van der Waals surface area contributed by atoms with Crippen LogP contribution in [0.2, 0.25) is 0 Å². The van der Waals surface area contributed by atoms with Crippen molar-refractivity contribution in [2.45, 2.75) is 39.0 Å². The molecule has 1 heterocycles. The van der Waals surface area contributed by atoms with E-state index in [1.54, 1.807) is 20.8 Å². The van der Waals surface area contributed by atoms with Crippen molar-refractivity contribution in [1.29, 1.82) is 0 Å². The van der Waals surface area contributed by atoms with Crippen molar-refractivity contribution in [2.24, 2.45) is 5.10 Å². The Morgan fingerprint density at radius 1 is 1.32 bits per heavy atom. The van der Waals surface area contributed by atoms with E-state index >= 15 is 0 Å². The summed E-state index contributed by atoms with van der Waals surface area (Å²) in [4.78, 5) is 35.0. The monoisotopic (exact) mass is 347 g/mol. The minimum absolute atomic E-state index is 0.127. The summed E-state index contributed by atoms with van der Waals surface area (Å²) >= 11 is 0. The highest BCUT2D eigenvalue weighted by Gasteiger charge is 2.38. The summed E-state index contributed by atoms with van der Waals surface area (Å²) in [5.41, 5.74) is 0.211. The number of amides is 2. The van der Waals surface area contributed by atoms with Gasteiger partial charge < -0.3 is 14.8 Å². The number of nitrogens with zero attached hydrogens (tertiary/aromatic N) is 2. The fraction of sp³-hybridized carbons (Fsp3) is 0.412. The minimum Gasteiger partial charge on any atom is -0.456 e. The van der Waals surface area contributed by atoms with E-state index in [0.717, 1.165) is 16.8 Å². The number of carbonyl (C=O) groups excluding carboxylic acids is 3. The lowest BCUT2D eigenvalue weighted by Gasteiger charge is -2.34. The number of nitrogens with one attached hydrogen (secondary N) is 1. The Morgan fingerprint density at radius 2 is 2.00 bits per heavy atom. The molecule has 1 atom stereocenters. The first-order chi connectivity index (χ1) is 11.7. The molecule has 1 fully saturated rings. The second-order valence-corrected chi connectivity index (χ2v) is 6.46. The molecule has 1 aliphatic rings. The number of hydrogen-bond acceptors (Lipinski definition) is 6. The van der Waals surface area contributed by atoms with Crippen molar-refractivity contribution in [3.63, 3.8) is 0 Å². The standard InChI is InChI=1S/C17H21N3O5/c1-17(2,3)25-16(23)19-13-10-20(15(13)22)18-9-14(21)24-11-12-7-5-4-6-8-12/h4-9,13H,10-11H2,1-3H3,(H,19,23)/t13-/m0/s1. The van der Waals surface area contributed by atoms with Gasteiger partial charge in [0.05, 0.1) is 6.54 Å². The van der Waals surface area contributed by atoms with Gasteiger partial charge in [-0.05, 0) is 26.3 Å². The molecular weight excluding hydrogens is 326 g/mol. The van der Waals surface area contributed by atoms with Crippen LogP contribution >= 0.6 is 0 Å². The molecule has 1 aliphatic heterocycles. The molecule has 2 rings (SSSR count). The van der Waals surface area contributed by atoms with E-state index in [0.29, 0.717) is 0 Å². The molecule has 2 amide bonds. The Labute approximate surface area is 145 Å². The normalized spacial score (nSPS) is 17.2. The van der Waals surface area contributed by atoms with Gasteiger partial charge in [0.15, 0.2) is 0 Å². The topological polar surface area (TPSA) is 97.3 Å². The fourth-order valence-corrected chi connectivity index (χ4v) is 1.95. The lowest BCUT2D eigenvalue weighted by atomic mass is 10.1. The second kappa shape index (κ2) is 7.78. The van der Waals surface area contributed by atoms with E-state index in [1.807, 2.05) is 30.3 Å². The maximum absolute atomic E-state index is 11.8. The van der Waals surface area contributed by atoms with E-state index in [9.17, 15) is 14.4 Å². The number of carbonyl (C=O) groups is 3. The summed E-state index contributed by atoms with van der Waals surface area (Å²) in [5, 5.41) is 7.27. The average Bonchev–Trinajstić information content (AvgIpc) is 2.54. The predicted molar refractivity (Wildman–Crippen MR) is 89.6 cm³/mol. The van der Waals surface area contributed by atoms with Crippen LogP contribution in [-0.2, 0) is 25.7 Å². The first-order valence-electron chi connectivity index (χ1n) is 7.80. The van der Waals surface area contributed by atoms with Crippen LogP contribution < -0.4 is 5.32 Å². The SMILES string of the molecule is CC(C)(C)OC(=O)N[C@H]1CN(N=CC(=O)OCc2ccccc2)C1=O. The summed E-state index contributed by atoms with van der Waals surface area (Å²) in [7, 11) is 0. The molecule has 1 N–H and O–H groups in total. The molecule has 0 bridgehead atoms. The van der Waals surface area contributed by atoms with Crippen molar-refractivity contribution in [2.75, 3.05) is 6.54 Å². The molecule has 0 unspecified atom stereocenters. The zero-order chi connectivity index (χ0) is 18.4. The quantitative estimate of drug-likeness (QED) is 0.494. The van der Waals surface area contributed by atoms with Crippen LogP contribution in [0.4, 0.5) is 4.79 Å². The Balaban J connectivity index is 1.72. The maximum Gasteiger partial charge on any atom is 0.408 e. The first kappa shape index (κ1) is 18.4. The van der Waals surface area contributed by atoms with Gasteiger partial charge in [0.25, 0.3) is 5.91 Å². The van der Waals surface area contributed by atoms with E-state index in [4.69, 9.17) is 9.47 Å². The highest BCUT2D eigenvalue weighted by Crippen LogP contribution is 2.12. The van der Waals surface area contributed by atoms with Gasteiger partial charge >= 0.3 is 12.1 Å². The number of hydrogen-bond donors (Lipinski definition) is 1. The Bertz CT molecular complexity index is 667. The number of esters is 1. The molecule has 0 radical (unpaired) electrons. The molecule has 1 aromatic rings. The number of ether oxygens (including phenoxy) is 2.